The molecule has 0 aromatic heterocycles. The van der Waals surface area contributed by atoms with Gasteiger partial charge < -0.3 is 10.2 Å². The molecular weight excluding hydrogens is 534 g/mol. The van der Waals surface area contributed by atoms with Gasteiger partial charge in [0, 0.05) is 18.1 Å². The van der Waals surface area contributed by atoms with Crippen LogP contribution in [0.1, 0.15) is 44.2 Å². The molecule has 3 aromatic rings. The van der Waals surface area contributed by atoms with E-state index in [0.29, 0.717) is 18.0 Å². The minimum absolute atomic E-state index is 0.0483. The standard InChI is InChI=1S/C30H36ClN3O4S/c1-4-6-19-32-30(36)28(5-2)33(21-24-17-15-23(3)16-18-24)29(35)22-34(26-12-10-11-25(31)20-26)39(37,38)27-13-8-7-9-14-27/h7-18,20,28H,4-6,19,21-22H2,1-3H3,(H,32,36)/t28-/m0/s1. The molecule has 0 aliphatic carbocycles. The predicted octanol–water partition coefficient (Wildman–Crippen LogP) is 5.57. The van der Waals surface area contributed by atoms with Gasteiger partial charge in [-0.05, 0) is 55.7 Å². The molecule has 0 aliphatic rings. The number of anilines is 1. The van der Waals surface area contributed by atoms with Gasteiger partial charge in [0.2, 0.25) is 11.8 Å². The minimum Gasteiger partial charge on any atom is -0.354 e. The van der Waals surface area contributed by atoms with Crippen molar-refractivity contribution in [2.24, 2.45) is 0 Å². The highest BCUT2D eigenvalue weighted by Crippen LogP contribution is 2.27. The lowest BCUT2D eigenvalue weighted by Crippen LogP contribution is -2.52. The first-order valence-corrected chi connectivity index (χ1v) is 14.9. The summed E-state index contributed by atoms with van der Waals surface area (Å²) < 4.78 is 28.6. The molecule has 39 heavy (non-hydrogen) atoms. The van der Waals surface area contributed by atoms with Gasteiger partial charge >= 0.3 is 0 Å². The molecule has 0 fully saturated rings. The van der Waals surface area contributed by atoms with Crippen LogP contribution < -0.4 is 9.62 Å². The number of halogens is 1. The number of sulfonamides is 1. The second kappa shape index (κ2) is 14.1. The summed E-state index contributed by atoms with van der Waals surface area (Å²) in [5, 5.41) is 3.27. The van der Waals surface area contributed by atoms with Crippen LogP contribution in [-0.2, 0) is 26.2 Å². The maximum atomic E-state index is 14.0. The highest BCUT2D eigenvalue weighted by molar-refractivity contribution is 7.92. The lowest BCUT2D eigenvalue weighted by Gasteiger charge is -2.33. The van der Waals surface area contributed by atoms with Crippen molar-refractivity contribution >= 4 is 39.1 Å². The molecule has 0 unspecified atom stereocenters. The van der Waals surface area contributed by atoms with Gasteiger partial charge in [-0.3, -0.25) is 13.9 Å². The van der Waals surface area contributed by atoms with Crippen molar-refractivity contribution in [1.29, 1.82) is 0 Å². The number of nitrogens with one attached hydrogen (secondary N) is 1. The second-order valence-corrected chi connectivity index (χ2v) is 11.7. The number of carbonyl (C=O) groups excluding carboxylic acids is 2. The highest BCUT2D eigenvalue weighted by atomic mass is 35.5. The summed E-state index contributed by atoms with van der Waals surface area (Å²) in [6.07, 6.45) is 2.12. The van der Waals surface area contributed by atoms with E-state index < -0.39 is 28.5 Å². The summed E-state index contributed by atoms with van der Waals surface area (Å²) >= 11 is 6.21. The molecule has 0 saturated heterocycles. The molecule has 2 amide bonds. The molecule has 0 radical (unpaired) electrons. The number of rotatable bonds is 13. The summed E-state index contributed by atoms with van der Waals surface area (Å²) in [6, 6.07) is 21.3. The van der Waals surface area contributed by atoms with E-state index in [1.807, 2.05) is 45.0 Å². The Balaban J connectivity index is 2.02. The zero-order chi connectivity index (χ0) is 28.4. The third kappa shape index (κ3) is 8.07. The molecule has 9 heteroatoms. The second-order valence-electron chi connectivity index (χ2n) is 9.38. The van der Waals surface area contributed by atoms with Crippen molar-refractivity contribution in [2.75, 3.05) is 17.4 Å². The van der Waals surface area contributed by atoms with E-state index in [-0.39, 0.29) is 23.0 Å². The molecule has 0 heterocycles. The SMILES string of the molecule is CCCCNC(=O)[C@H](CC)N(Cc1ccc(C)cc1)C(=O)CN(c1cccc(Cl)c1)S(=O)(=O)c1ccccc1. The zero-order valence-corrected chi connectivity index (χ0v) is 24.2. The molecule has 1 N–H and O–H groups in total. The molecule has 0 bridgehead atoms. The molecule has 0 spiro atoms. The fourth-order valence-electron chi connectivity index (χ4n) is 4.20. The summed E-state index contributed by atoms with van der Waals surface area (Å²) in [5.41, 5.74) is 2.17. The van der Waals surface area contributed by atoms with Crippen LogP contribution in [0.15, 0.2) is 83.8 Å². The van der Waals surface area contributed by atoms with Gasteiger partial charge in [0.05, 0.1) is 10.6 Å². The van der Waals surface area contributed by atoms with Gasteiger partial charge in [0.1, 0.15) is 12.6 Å². The Hall–Kier alpha value is -3.36. The van der Waals surface area contributed by atoms with Gasteiger partial charge in [-0.15, -0.1) is 0 Å². The van der Waals surface area contributed by atoms with E-state index >= 15 is 0 Å². The molecule has 3 rings (SSSR count). The molecule has 7 nitrogen and oxygen atoms in total. The van der Waals surface area contributed by atoms with Crippen molar-refractivity contribution in [3.63, 3.8) is 0 Å². The number of carbonyl (C=O) groups is 2. The third-order valence-electron chi connectivity index (χ3n) is 6.40. The van der Waals surface area contributed by atoms with Gasteiger partial charge in [0.25, 0.3) is 10.0 Å². The van der Waals surface area contributed by atoms with Gasteiger partial charge in [-0.2, -0.15) is 0 Å². The number of benzene rings is 3. The Bertz CT molecular complexity index is 1350. The van der Waals surface area contributed by atoms with Crippen molar-refractivity contribution in [3.8, 4) is 0 Å². The van der Waals surface area contributed by atoms with Crippen LogP contribution in [0.3, 0.4) is 0 Å². The smallest absolute Gasteiger partial charge is 0.264 e. The average Bonchev–Trinajstić information content (AvgIpc) is 2.93. The monoisotopic (exact) mass is 569 g/mol. The van der Waals surface area contributed by atoms with Crippen LogP contribution in [0.25, 0.3) is 0 Å². The number of nitrogens with zero attached hydrogens (tertiary/aromatic N) is 2. The van der Waals surface area contributed by atoms with E-state index in [4.69, 9.17) is 11.6 Å². The summed E-state index contributed by atoms with van der Waals surface area (Å²) in [4.78, 5) is 28.7. The Morgan fingerprint density at radius 1 is 0.949 bits per heavy atom. The van der Waals surface area contributed by atoms with E-state index in [2.05, 4.69) is 5.32 Å². The zero-order valence-electron chi connectivity index (χ0n) is 22.6. The van der Waals surface area contributed by atoms with E-state index in [1.54, 1.807) is 36.4 Å². The lowest BCUT2D eigenvalue weighted by atomic mass is 10.1. The van der Waals surface area contributed by atoms with E-state index in [1.165, 1.54) is 23.1 Å². The molecule has 1 atom stereocenters. The van der Waals surface area contributed by atoms with Crippen LogP contribution >= 0.6 is 11.6 Å². The van der Waals surface area contributed by atoms with Crippen LogP contribution in [0.4, 0.5) is 5.69 Å². The van der Waals surface area contributed by atoms with Crippen molar-refractivity contribution in [3.05, 3.63) is 95.0 Å². The quantitative estimate of drug-likeness (QED) is 0.273. The van der Waals surface area contributed by atoms with Crippen molar-refractivity contribution < 1.29 is 18.0 Å². The number of hydrogen-bond donors (Lipinski definition) is 1. The number of amides is 2. The van der Waals surface area contributed by atoms with E-state index in [9.17, 15) is 18.0 Å². The normalized spacial score (nSPS) is 12.0. The number of hydrogen-bond acceptors (Lipinski definition) is 4. The topological polar surface area (TPSA) is 86.8 Å². The van der Waals surface area contributed by atoms with Crippen molar-refractivity contribution in [1.82, 2.24) is 10.2 Å². The molecular formula is C30H36ClN3O4S. The average molecular weight is 570 g/mol. The highest BCUT2D eigenvalue weighted by Gasteiger charge is 2.33. The Kier molecular flexibility index (Phi) is 10.9. The van der Waals surface area contributed by atoms with Crippen LogP contribution in [0.2, 0.25) is 5.02 Å². The first-order chi connectivity index (χ1) is 18.7. The lowest BCUT2D eigenvalue weighted by molar-refractivity contribution is -0.140. The number of aryl methyl sites for hydroxylation is 1. The summed E-state index contributed by atoms with van der Waals surface area (Å²) in [6.45, 7) is 6.02. The molecule has 208 valence electrons. The van der Waals surface area contributed by atoms with Gasteiger partial charge in [0.15, 0.2) is 0 Å². The maximum absolute atomic E-state index is 14.0. The van der Waals surface area contributed by atoms with E-state index in [0.717, 1.165) is 28.3 Å². The fourth-order valence-corrected chi connectivity index (χ4v) is 5.81. The van der Waals surface area contributed by atoms with Crippen LogP contribution in [0.5, 0.6) is 0 Å². The number of unbranched alkanes of at least 4 members (excludes halogenated alkanes) is 1. The molecule has 0 aliphatic heterocycles. The Morgan fingerprint density at radius 2 is 1.64 bits per heavy atom. The Morgan fingerprint density at radius 3 is 2.26 bits per heavy atom. The fraction of sp³-hybridized carbons (Fsp3) is 0.333. The Labute approximate surface area is 236 Å². The van der Waals surface area contributed by atoms with Crippen molar-refractivity contribution in [2.45, 2.75) is 57.5 Å². The minimum atomic E-state index is -4.12. The van der Waals surface area contributed by atoms with Crippen LogP contribution in [0, 0.1) is 6.92 Å². The summed E-state index contributed by atoms with van der Waals surface area (Å²) in [7, 11) is -4.12. The van der Waals surface area contributed by atoms with Gasteiger partial charge in [-0.25, -0.2) is 8.42 Å². The largest absolute Gasteiger partial charge is 0.354 e. The molecule has 0 saturated carbocycles. The first-order valence-electron chi connectivity index (χ1n) is 13.1. The summed E-state index contributed by atoms with van der Waals surface area (Å²) in [5.74, 6) is -0.751. The first kappa shape index (κ1) is 30.2. The van der Waals surface area contributed by atoms with Crippen LogP contribution in [-0.4, -0.2) is 44.3 Å². The third-order valence-corrected chi connectivity index (χ3v) is 8.42. The van der Waals surface area contributed by atoms with Gasteiger partial charge in [-0.1, -0.05) is 86.0 Å². The predicted molar refractivity (Wildman–Crippen MR) is 156 cm³/mol. The maximum Gasteiger partial charge on any atom is 0.264 e. The molecule has 3 aromatic carbocycles.